The highest BCUT2D eigenvalue weighted by atomic mass is 32.1. The van der Waals surface area contributed by atoms with E-state index >= 15 is 0 Å². The molecule has 0 bridgehead atoms. The van der Waals surface area contributed by atoms with Gasteiger partial charge in [-0.25, -0.2) is 4.79 Å². The first kappa shape index (κ1) is 26.1. The molecular weight excluding hydrogens is 392 g/mol. The molecule has 0 aromatic carbocycles. The van der Waals surface area contributed by atoms with Gasteiger partial charge in [0.05, 0.1) is 12.7 Å². The number of hydrogen-bond donors (Lipinski definition) is 8. The second-order valence-corrected chi connectivity index (χ2v) is 7.15. The molecule has 0 spiro atoms. The molecule has 0 aromatic rings. The van der Waals surface area contributed by atoms with Crippen molar-refractivity contribution in [3.05, 3.63) is 0 Å². The van der Waals surface area contributed by atoms with Crippen LogP contribution in [0.2, 0.25) is 0 Å². The van der Waals surface area contributed by atoms with Gasteiger partial charge in [0.15, 0.2) is 0 Å². The number of carbonyl (C=O) groups excluding carboxylic acids is 3. The second-order valence-electron chi connectivity index (χ2n) is 6.78. The summed E-state index contributed by atoms with van der Waals surface area (Å²) in [4.78, 5) is 47.7. The first-order chi connectivity index (χ1) is 12.9. The van der Waals surface area contributed by atoms with Crippen LogP contribution in [0.3, 0.4) is 0 Å². The Morgan fingerprint density at radius 2 is 1.39 bits per heavy atom. The van der Waals surface area contributed by atoms with Gasteiger partial charge in [-0.05, 0) is 19.3 Å². The van der Waals surface area contributed by atoms with Gasteiger partial charge in [-0.1, -0.05) is 13.8 Å². The lowest BCUT2D eigenvalue weighted by molar-refractivity contribution is -0.142. The van der Waals surface area contributed by atoms with Crippen molar-refractivity contribution in [2.24, 2.45) is 11.7 Å². The van der Waals surface area contributed by atoms with Crippen LogP contribution in [0.15, 0.2) is 0 Å². The zero-order chi connectivity index (χ0) is 22.0. The van der Waals surface area contributed by atoms with Gasteiger partial charge in [-0.15, -0.1) is 0 Å². The van der Waals surface area contributed by atoms with Crippen molar-refractivity contribution < 1.29 is 34.5 Å². The largest absolute Gasteiger partial charge is 0.480 e. The Balaban J connectivity index is 5.17. The van der Waals surface area contributed by atoms with Crippen molar-refractivity contribution in [1.29, 1.82) is 0 Å². The number of carbonyl (C=O) groups is 4. The van der Waals surface area contributed by atoms with Crippen LogP contribution >= 0.6 is 12.6 Å². The maximum absolute atomic E-state index is 12.5. The van der Waals surface area contributed by atoms with Crippen molar-refractivity contribution in [1.82, 2.24) is 16.0 Å². The van der Waals surface area contributed by atoms with E-state index in [0.29, 0.717) is 0 Å². The lowest BCUT2D eigenvalue weighted by Crippen LogP contribution is -2.59. The number of aliphatic carboxylic acids is 1. The summed E-state index contributed by atoms with van der Waals surface area (Å²) in [6.07, 6.45) is -0.925. The fraction of sp³-hybridized carbons (Fsp3) is 0.750. The number of carboxylic acid groups (broad SMARTS) is 1. The maximum Gasteiger partial charge on any atom is 0.327 e. The van der Waals surface area contributed by atoms with Crippen LogP contribution in [-0.4, -0.2) is 81.6 Å². The molecule has 11 nitrogen and oxygen atoms in total. The molecular formula is C16H30N4O7S. The number of nitrogens with one attached hydrogen (secondary N) is 3. The highest BCUT2D eigenvalue weighted by Gasteiger charge is 2.30. The van der Waals surface area contributed by atoms with Crippen LogP contribution < -0.4 is 21.7 Å². The molecule has 0 heterocycles. The third kappa shape index (κ3) is 8.87. The molecule has 0 radical (unpaired) electrons. The Morgan fingerprint density at radius 3 is 1.79 bits per heavy atom. The minimum absolute atomic E-state index is 0.0131. The number of carboxylic acids is 1. The lowest BCUT2D eigenvalue weighted by atomic mass is 10.0. The molecule has 5 atom stereocenters. The zero-order valence-corrected chi connectivity index (χ0v) is 17.0. The Kier molecular flexibility index (Phi) is 11.7. The summed E-state index contributed by atoms with van der Waals surface area (Å²) < 4.78 is 0. The van der Waals surface area contributed by atoms with Gasteiger partial charge in [-0.3, -0.25) is 14.4 Å². The molecule has 0 aliphatic carbocycles. The predicted octanol–water partition coefficient (Wildman–Crippen LogP) is -2.80. The Bertz CT molecular complexity index is 559. The molecule has 12 heteroatoms. The van der Waals surface area contributed by atoms with Gasteiger partial charge >= 0.3 is 5.97 Å². The molecule has 0 fully saturated rings. The van der Waals surface area contributed by atoms with Crippen molar-refractivity contribution in [3.63, 3.8) is 0 Å². The van der Waals surface area contributed by atoms with E-state index in [9.17, 15) is 29.4 Å². The predicted molar refractivity (Wildman–Crippen MR) is 103 cm³/mol. The number of aliphatic hydroxyl groups is 2. The molecule has 0 aromatic heterocycles. The quantitative estimate of drug-likeness (QED) is 0.155. The molecule has 0 aliphatic rings. The molecule has 5 unspecified atom stereocenters. The van der Waals surface area contributed by atoms with E-state index in [4.69, 9.17) is 10.8 Å². The minimum Gasteiger partial charge on any atom is -0.480 e. The smallest absolute Gasteiger partial charge is 0.327 e. The summed E-state index contributed by atoms with van der Waals surface area (Å²) in [5, 5.41) is 34.6. The summed E-state index contributed by atoms with van der Waals surface area (Å²) in [5.41, 5.74) is 5.55. The molecule has 0 saturated heterocycles. The summed E-state index contributed by atoms with van der Waals surface area (Å²) >= 11 is 3.82. The van der Waals surface area contributed by atoms with E-state index in [1.54, 1.807) is 13.8 Å². The Hall–Kier alpha value is -1.89. The van der Waals surface area contributed by atoms with E-state index in [-0.39, 0.29) is 18.1 Å². The van der Waals surface area contributed by atoms with Crippen LogP contribution in [0.4, 0.5) is 0 Å². The normalized spacial score (nSPS) is 16.4. The van der Waals surface area contributed by atoms with Crippen molar-refractivity contribution in [2.75, 3.05) is 12.4 Å². The SMILES string of the molecule is CC(C)CC(NC(=O)C(N)C(C)O)C(=O)NC(CO)C(=O)NC(CS)C(=O)O. The van der Waals surface area contributed by atoms with Crippen molar-refractivity contribution in [2.45, 2.75) is 57.5 Å². The first-order valence-electron chi connectivity index (χ1n) is 8.73. The minimum atomic E-state index is -1.42. The highest BCUT2D eigenvalue weighted by Crippen LogP contribution is 2.06. The summed E-state index contributed by atoms with van der Waals surface area (Å²) in [7, 11) is 0. The van der Waals surface area contributed by atoms with Gasteiger partial charge in [0.25, 0.3) is 0 Å². The zero-order valence-electron chi connectivity index (χ0n) is 16.1. The number of thiol groups is 1. The molecule has 0 aliphatic heterocycles. The van der Waals surface area contributed by atoms with Crippen molar-refractivity contribution in [3.8, 4) is 0 Å². The van der Waals surface area contributed by atoms with E-state index in [0.717, 1.165) is 0 Å². The van der Waals surface area contributed by atoms with E-state index in [2.05, 4.69) is 28.6 Å². The van der Waals surface area contributed by atoms with Crippen LogP contribution in [-0.2, 0) is 19.2 Å². The summed E-state index contributed by atoms with van der Waals surface area (Å²) in [5.74, 6) is -3.93. The first-order valence-corrected chi connectivity index (χ1v) is 9.37. The molecule has 28 heavy (non-hydrogen) atoms. The second kappa shape index (κ2) is 12.5. The van der Waals surface area contributed by atoms with E-state index < -0.39 is 60.6 Å². The fourth-order valence-corrected chi connectivity index (χ4v) is 2.36. The van der Waals surface area contributed by atoms with E-state index in [1.165, 1.54) is 6.92 Å². The maximum atomic E-state index is 12.5. The van der Waals surface area contributed by atoms with Gasteiger partial charge < -0.3 is 37.0 Å². The third-order valence-electron chi connectivity index (χ3n) is 3.78. The standard InChI is InChI=1S/C16H30N4O7S/c1-7(2)4-9(18-15(25)12(17)8(3)22)13(23)19-10(5-21)14(24)20-11(6-28)16(26)27/h7-12,21-22,28H,4-6,17H2,1-3H3,(H,18,25)(H,19,23)(H,20,24)(H,26,27). The van der Waals surface area contributed by atoms with Gasteiger partial charge in [0.1, 0.15) is 24.2 Å². The molecule has 162 valence electrons. The fourth-order valence-electron chi connectivity index (χ4n) is 2.11. The number of amides is 3. The summed E-state index contributed by atoms with van der Waals surface area (Å²) in [6.45, 7) is 4.16. The average molecular weight is 423 g/mol. The number of nitrogens with two attached hydrogens (primary N) is 1. The van der Waals surface area contributed by atoms with Crippen LogP contribution in [0, 0.1) is 5.92 Å². The van der Waals surface area contributed by atoms with Gasteiger partial charge in [-0.2, -0.15) is 12.6 Å². The van der Waals surface area contributed by atoms with Gasteiger partial charge in [0.2, 0.25) is 17.7 Å². The molecule has 8 N–H and O–H groups in total. The van der Waals surface area contributed by atoms with Crippen LogP contribution in [0.1, 0.15) is 27.2 Å². The summed E-state index contributed by atoms with van der Waals surface area (Å²) in [6, 6.07) is -5.03. The Labute approximate surface area is 168 Å². The molecule has 0 rings (SSSR count). The Morgan fingerprint density at radius 1 is 0.929 bits per heavy atom. The number of aliphatic hydroxyl groups excluding tert-OH is 2. The average Bonchev–Trinajstić information content (AvgIpc) is 2.61. The third-order valence-corrected chi connectivity index (χ3v) is 4.14. The van der Waals surface area contributed by atoms with Gasteiger partial charge in [0, 0.05) is 5.75 Å². The molecule has 3 amide bonds. The topological polar surface area (TPSA) is 191 Å². The molecule has 0 saturated carbocycles. The number of rotatable bonds is 12. The monoisotopic (exact) mass is 422 g/mol. The van der Waals surface area contributed by atoms with E-state index in [1.807, 2.05) is 0 Å². The highest BCUT2D eigenvalue weighted by molar-refractivity contribution is 7.80. The number of hydrogen-bond acceptors (Lipinski definition) is 8. The van der Waals surface area contributed by atoms with Crippen LogP contribution in [0.5, 0.6) is 0 Å². The van der Waals surface area contributed by atoms with Crippen LogP contribution in [0.25, 0.3) is 0 Å². The van der Waals surface area contributed by atoms with Crippen molar-refractivity contribution >= 4 is 36.3 Å². The lowest BCUT2D eigenvalue weighted by Gasteiger charge is -2.25.